The summed E-state index contributed by atoms with van der Waals surface area (Å²) < 4.78 is 5.40. The van der Waals surface area contributed by atoms with E-state index in [0.29, 0.717) is 25.7 Å². The highest BCUT2D eigenvalue weighted by Crippen LogP contribution is 2.16. The van der Waals surface area contributed by atoms with Gasteiger partial charge in [0.05, 0.1) is 24.3 Å². The van der Waals surface area contributed by atoms with Crippen molar-refractivity contribution in [2.45, 2.75) is 76.3 Å². The number of amides is 2. The van der Waals surface area contributed by atoms with Gasteiger partial charge >= 0.3 is 12.2 Å². The SMILES string of the molecule is CC(C)(C)OC(=O)N[C@@H](Cc1ccccc1CCCO)C(O)CNC[C@@H](O)[C@H](Cc1ccccc1)NC(=O)O. The first-order valence-electron chi connectivity index (χ1n) is 13.3. The largest absolute Gasteiger partial charge is 0.465 e. The Morgan fingerprint density at radius 2 is 1.41 bits per heavy atom. The van der Waals surface area contributed by atoms with Crippen LogP contribution in [0, 0.1) is 0 Å². The molecule has 2 amide bonds. The summed E-state index contributed by atoms with van der Waals surface area (Å²) in [7, 11) is 0. The highest BCUT2D eigenvalue weighted by atomic mass is 16.6. The van der Waals surface area contributed by atoms with Gasteiger partial charge in [-0.2, -0.15) is 0 Å². The van der Waals surface area contributed by atoms with Crippen molar-refractivity contribution >= 4 is 12.2 Å². The average molecular weight is 546 g/mol. The minimum absolute atomic E-state index is 0.0150. The van der Waals surface area contributed by atoms with Crippen molar-refractivity contribution in [1.82, 2.24) is 16.0 Å². The number of alkyl carbamates (subject to hydrolysis) is 1. The van der Waals surface area contributed by atoms with E-state index in [9.17, 15) is 30.0 Å². The Labute approximate surface area is 230 Å². The topological polar surface area (TPSA) is 160 Å². The molecular formula is C29H43N3O7. The number of rotatable bonds is 15. The number of hydrogen-bond donors (Lipinski definition) is 7. The summed E-state index contributed by atoms with van der Waals surface area (Å²) in [5.74, 6) is 0. The first-order chi connectivity index (χ1) is 18.5. The Bertz CT molecular complexity index is 1010. The molecule has 216 valence electrons. The number of ether oxygens (including phenoxy) is 1. The summed E-state index contributed by atoms with van der Waals surface area (Å²) >= 11 is 0. The van der Waals surface area contributed by atoms with Crippen molar-refractivity contribution < 1.29 is 34.8 Å². The molecule has 10 heteroatoms. The van der Waals surface area contributed by atoms with Gasteiger partial charge in [-0.15, -0.1) is 0 Å². The minimum atomic E-state index is -1.24. The van der Waals surface area contributed by atoms with Crippen LogP contribution in [-0.2, 0) is 24.0 Å². The summed E-state index contributed by atoms with van der Waals surface area (Å²) in [5, 5.41) is 48.4. The number of aryl methyl sites for hydroxylation is 1. The van der Waals surface area contributed by atoms with E-state index in [2.05, 4.69) is 16.0 Å². The summed E-state index contributed by atoms with van der Waals surface area (Å²) in [5.41, 5.74) is 2.10. The number of carboxylic acid groups (broad SMARTS) is 1. The van der Waals surface area contributed by atoms with E-state index in [1.54, 1.807) is 20.8 Å². The molecule has 0 fully saturated rings. The second-order valence-corrected chi connectivity index (χ2v) is 10.6. The van der Waals surface area contributed by atoms with Crippen LogP contribution >= 0.6 is 0 Å². The predicted molar refractivity (Wildman–Crippen MR) is 149 cm³/mol. The molecule has 0 saturated heterocycles. The molecule has 2 aromatic rings. The van der Waals surface area contributed by atoms with Crippen molar-refractivity contribution in [3.63, 3.8) is 0 Å². The normalized spacial score (nSPS) is 14.6. The summed E-state index contributed by atoms with van der Waals surface area (Å²) in [4.78, 5) is 23.9. The predicted octanol–water partition coefficient (Wildman–Crippen LogP) is 2.24. The second kappa shape index (κ2) is 16.0. The van der Waals surface area contributed by atoms with E-state index in [-0.39, 0.29) is 19.7 Å². The maximum atomic E-state index is 12.6. The summed E-state index contributed by atoms with van der Waals surface area (Å²) in [6.07, 6.45) is -2.14. The molecule has 0 saturated carbocycles. The number of benzene rings is 2. The molecule has 0 aliphatic heterocycles. The molecule has 0 aliphatic carbocycles. The molecule has 0 aliphatic rings. The average Bonchev–Trinajstić information content (AvgIpc) is 2.86. The maximum absolute atomic E-state index is 12.6. The first kappa shape index (κ1) is 32.0. The van der Waals surface area contributed by atoms with Gasteiger partial charge in [0.25, 0.3) is 0 Å². The molecule has 4 atom stereocenters. The van der Waals surface area contributed by atoms with Gasteiger partial charge in [-0.05, 0) is 63.1 Å². The zero-order valence-electron chi connectivity index (χ0n) is 23.0. The van der Waals surface area contributed by atoms with E-state index in [1.807, 2.05) is 54.6 Å². The van der Waals surface area contributed by atoms with Gasteiger partial charge < -0.3 is 41.1 Å². The van der Waals surface area contributed by atoms with E-state index in [0.717, 1.165) is 16.7 Å². The number of carbonyl (C=O) groups is 2. The number of nitrogens with one attached hydrogen (secondary N) is 3. The molecule has 0 bridgehead atoms. The molecule has 0 heterocycles. The van der Waals surface area contributed by atoms with Crippen LogP contribution in [0.2, 0.25) is 0 Å². The highest BCUT2D eigenvalue weighted by Gasteiger charge is 2.27. The first-order valence-corrected chi connectivity index (χ1v) is 13.3. The Kier molecular flexibility index (Phi) is 13.2. The fourth-order valence-corrected chi connectivity index (χ4v) is 4.22. The molecule has 2 rings (SSSR count). The van der Waals surface area contributed by atoms with Crippen LogP contribution in [0.15, 0.2) is 54.6 Å². The van der Waals surface area contributed by atoms with E-state index >= 15 is 0 Å². The van der Waals surface area contributed by atoms with Crippen molar-refractivity contribution in [2.24, 2.45) is 0 Å². The maximum Gasteiger partial charge on any atom is 0.407 e. The lowest BCUT2D eigenvalue weighted by Gasteiger charge is -2.28. The molecule has 1 unspecified atom stereocenters. The lowest BCUT2D eigenvalue weighted by atomic mass is 9.94. The van der Waals surface area contributed by atoms with Crippen LogP contribution in [-0.4, -0.2) is 82.2 Å². The third kappa shape index (κ3) is 12.5. The third-order valence-electron chi connectivity index (χ3n) is 6.11. The zero-order valence-corrected chi connectivity index (χ0v) is 23.0. The smallest absolute Gasteiger partial charge is 0.407 e. The highest BCUT2D eigenvalue weighted by molar-refractivity contribution is 5.68. The van der Waals surface area contributed by atoms with E-state index in [4.69, 9.17) is 4.74 Å². The van der Waals surface area contributed by atoms with Gasteiger partial charge in [-0.3, -0.25) is 0 Å². The van der Waals surface area contributed by atoms with Gasteiger partial charge in [0, 0.05) is 19.7 Å². The fraction of sp³-hybridized carbons (Fsp3) is 0.517. The van der Waals surface area contributed by atoms with Gasteiger partial charge in [0.15, 0.2) is 0 Å². The molecule has 7 N–H and O–H groups in total. The van der Waals surface area contributed by atoms with Gasteiger partial charge in [0.1, 0.15) is 5.60 Å². The zero-order chi connectivity index (χ0) is 28.8. The Hall–Kier alpha value is -3.18. The standard InChI is InChI=1S/C29H43N3O7/c1-29(2,3)39-28(38)32-24(17-22-13-8-7-12-21(22)14-9-15-33)26(35)19-30-18-25(34)23(31-27(36)37)16-20-10-5-4-6-11-20/h4-8,10-13,23-26,30-31,33-35H,9,14-19H2,1-3H3,(H,32,38)(H,36,37)/t23-,24-,25+,26?/m0/s1. The molecule has 39 heavy (non-hydrogen) atoms. The van der Waals surface area contributed by atoms with Crippen LogP contribution in [0.5, 0.6) is 0 Å². The van der Waals surface area contributed by atoms with Crippen LogP contribution < -0.4 is 16.0 Å². The monoisotopic (exact) mass is 545 g/mol. The molecule has 10 nitrogen and oxygen atoms in total. The molecule has 0 radical (unpaired) electrons. The Morgan fingerprint density at radius 1 is 0.846 bits per heavy atom. The lowest BCUT2D eigenvalue weighted by molar-refractivity contribution is 0.0416. The molecule has 0 aromatic heterocycles. The van der Waals surface area contributed by atoms with Crippen molar-refractivity contribution in [1.29, 1.82) is 0 Å². The van der Waals surface area contributed by atoms with Crippen molar-refractivity contribution in [2.75, 3.05) is 19.7 Å². The van der Waals surface area contributed by atoms with Gasteiger partial charge in [-0.1, -0.05) is 54.6 Å². The molecule has 0 spiro atoms. The second-order valence-electron chi connectivity index (χ2n) is 10.6. The number of aliphatic hydroxyl groups excluding tert-OH is 3. The Morgan fingerprint density at radius 3 is 1.97 bits per heavy atom. The summed E-state index contributed by atoms with van der Waals surface area (Å²) in [6.45, 7) is 5.36. The third-order valence-corrected chi connectivity index (χ3v) is 6.11. The Balaban J connectivity index is 2.07. The quantitative estimate of drug-likeness (QED) is 0.179. The van der Waals surface area contributed by atoms with Crippen LogP contribution in [0.3, 0.4) is 0 Å². The fourth-order valence-electron chi connectivity index (χ4n) is 4.22. The lowest BCUT2D eigenvalue weighted by Crippen LogP contribution is -2.52. The van der Waals surface area contributed by atoms with Crippen LogP contribution in [0.25, 0.3) is 0 Å². The number of carbonyl (C=O) groups excluding carboxylic acids is 1. The van der Waals surface area contributed by atoms with E-state index < -0.39 is 42.1 Å². The summed E-state index contributed by atoms with van der Waals surface area (Å²) in [6, 6.07) is 15.4. The number of hydrogen-bond acceptors (Lipinski definition) is 7. The number of aliphatic hydroxyl groups is 3. The van der Waals surface area contributed by atoms with Crippen molar-refractivity contribution in [3.8, 4) is 0 Å². The molecule has 2 aromatic carbocycles. The van der Waals surface area contributed by atoms with Crippen molar-refractivity contribution in [3.05, 3.63) is 71.3 Å². The van der Waals surface area contributed by atoms with Gasteiger partial charge in [-0.25, -0.2) is 9.59 Å². The van der Waals surface area contributed by atoms with Crippen LogP contribution in [0.1, 0.15) is 43.9 Å². The van der Waals surface area contributed by atoms with E-state index in [1.165, 1.54) is 0 Å². The molecular weight excluding hydrogens is 502 g/mol. The van der Waals surface area contributed by atoms with Gasteiger partial charge in [0.2, 0.25) is 0 Å². The van der Waals surface area contributed by atoms with Crippen LogP contribution in [0.4, 0.5) is 9.59 Å². The minimum Gasteiger partial charge on any atom is -0.465 e.